The fraction of sp³-hybridized carbons (Fsp3) is 0.846. The van der Waals surface area contributed by atoms with Crippen molar-refractivity contribution in [3.8, 4) is 0 Å². The van der Waals surface area contributed by atoms with Gasteiger partial charge in [-0.05, 0) is 77.0 Å². The van der Waals surface area contributed by atoms with Crippen LogP contribution in [0, 0.1) is 0 Å². The molecular formula is C52H97NO5. The number of hydrogen-bond acceptors (Lipinski definition) is 5. The topological polar surface area (TPSA) is 95.9 Å². The van der Waals surface area contributed by atoms with Crippen molar-refractivity contribution < 1.29 is 24.5 Å². The minimum atomic E-state index is -0.851. The van der Waals surface area contributed by atoms with Gasteiger partial charge in [-0.2, -0.15) is 0 Å². The molecule has 0 bridgehead atoms. The van der Waals surface area contributed by atoms with Crippen molar-refractivity contribution in [3.63, 3.8) is 0 Å². The van der Waals surface area contributed by atoms with E-state index in [-0.39, 0.29) is 18.5 Å². The average molecular weight is 816 g/mol. The second-order valence-corrected chi connectivity index (χ2v) is 17.1. The Bertz CT molecular complexity index is 946. The summed E-state index contributed by atoms with van der Waals surface area (Å²) in [5, 5.41) is 23.0. The maximum atomic E-state index is 12.4. The van der Waals surface area contributed by atoms with E-state index < -0.39 is 12.1 Å². The summed E-state index contributed by atoms with van der Waals surface area (Å²) in [6.45, 7) is 4.83. The molecule has 1 amide bonds. The van der Waals surface area contributed by atoms with Crippen LogP contribution in [-0.4, -0.2) is 47.4 Å². The first-order valence-electron chi connectivity index (χ1n) is 25.3. The predicted molar refractivity (Wildman–Crippen MR) is 250 cm³/mol. The zero-order chi connectivity index (χ0) is 42.3. The molecule has 0 radical (unpaired) electrons. The molecule has 0 aromatic rings. The molecule has 0 aliphatic carbocycles. The van der Waals surface area contributed by atoms with Gasteiger partial charge in [0.2, 0.25) is 5.91 Å². The Morgan fingerprint density at radius 3 is 1.28 bits per heavy atom. The van der Waals surface area contributed by atoms with Gasteiger partial charge < -0.3 is 20.3 Å². The molecule has 340 valence electrons. The number of carbonyl (C=O) groups excluding carboxylic acids is 2. The van der Waals surface area contributed by atoms with Gasteiger partial charge in [-0.25, -0.2) is 0 Å². The van der Waals surface area contributed by atoms with E-state index >= 15 is 0 Å². The monoisotopic (exact) mass is 816 g/mol. The van der Waals surface area contributed by atoms with Gasteiger partial charge in [-0.15, -0.1) is 0 Å². The molecule has 3 N–H and O–H groups in total. The van der Waals surface area contributed by atoms with Crippen molar-refractivity contribution in [1.82, 2.24) is 5.32 Å². The highest BCUT2D eigenvalue weighted by Crippen LogP contribution is 2.14. The van der Waals surface area contributed by atoms with E-state index in [0.29, 0.717) is 19.4 Å². The number of amides is 1. The fourth-order valence-electron chi connectivity index (χ4n) is 7.43. The molecule has 0 spiro atoms. The van der Waals surface area contributed by atoms with Crippen molar-refractivity contribution in [1.29, 1.82) is 0 Å². The number of allylic oxidation sites excluding steroid dienone is 5. The Morgan fingerprint density at radius 2 is 0.828 bits per heavy atom. The molecule has 6 heteroatoms. The lowest BCUT2D eigenvalue weighted by molar-refractivity contribution is -0.143. The number of aliphatic hydroxyl groups is 2. The van der Waals surface area contributed by atoms with Crippen molar-refractivity contribution in [2.45, 2.75) is 270 Å². The van der Waals surface area contributed by atoms with Crippen LogP contribution in [0.2, 0.25) is 0 Å². The molecule has 0 saturated carbocycles. The van der Waals surface area contributed by atoms with E-state index in [4.69, 9.17) is 4.74 Å². The van der Waals surface area contributed by atoms with Crippen LogP contribution >= 0.6 is 0 Å². The first-order valence-corrected chi connectivity index (χ1v) is 25.3. The van der Waals surface area contributed by atoms with E-state index in [9.17, 15) is 19.8 Å². The molecular weight excluding hydrogens is 719 g/mol. The maximum absolute atomic E-state index is 12.4. The molecule has 58 heavy (non-hydrogen) atoms. The first-order chi connectivity index (χ1) is 28.5. The van der Waals surface area contributed by atoms with Crippen LogP contribution in [-0.2, 0) is 14.3 Å². The van der Waals surface area contributed by atoms with Crippen LogP contribution in [0.1, 0.15) is 258 Å². The standard InChI is InChI=1S/C52H97NO5/c1-3-5-7-9-11-13-15-21-25-28-32-36-40-44-50(55)49(48-54)53-51(56)45-41-37-33-29-26-22-19-17-16-18-20-23-27-31-35-39-43-47-58-52(57)46-42-38-34-30-24-14-12-10-8-6-4-2/h10,12,16,18,40,44,49-50,54-55H,3-9,11,13-15,17,19-39,41-43,45-48H2,1-2H3,(H,53,56)/b12-10-,18-16-,44-40+. The van der Waals surface area contributed by atoms with Crippen LogP contribution in [0.3, 0.4) is 0 Å². The van der Waals surface area contributed by atoms with Crippen LogP contribution in [0.15, 0.2) is 36.5 Å². The molecule has 2 unspecified atom stereocenters. The van der Waals surface area contributed by atoms with Gasteiger partial charge in [-0.1, -0.05) is 204 Å². The molecule has 0 aromatic carbocycles. The van der Waals surface area contributed by atoms with E-state index in [0.717, 1.165) is 57.8 Å². The van der Waals surface area contributed by atoms with Crippen LogP contribution in [0.25, 0.3) is 0 Å². The number of nitrogens with one attached hydrogen (secondary N) is 1. The lowest BCUT2D eigenvalue weighted by Gasteiger charge is -2.20. The summed E-state index contributed by atoms with van der Waals surface area (Å²) < 4.78 is 5.43. The largest absolute Gasteiger partial charge is 0.466 e. The summed E-state index contributed by atoms with van der Waals surface area (Å²) in [6.07, 6.45) is 57.1. The van der Waals surface area contributed by atoms with Crippen LogP contribution in [0.4, 0.5) is 0 Å². The highest BCUT2D eigenvalue weighted by atomic mass is 16.5. The number of aliphatic hydroxyl groups excluding tert-OH is 2. The van der Waals surface area contributed by atoms with Crippen molar-refractivity contribution >= 4 is 11.9 Å². The lowest BCUT2D eigenvalue weighted by Crippen LogP contribution is -2.45. The molecule has 6 nitrogen and oxygen atoms in total. The third kappa shape index (κ3) is 43.7. The van der Waals surface area contributed by atoms with E-state index in [1.165, 1.54) is 173 Å². The smallest absolute Gasteiger partial charge is 0.305 e. The number of unbranched alkanes of at least 4 members (excludes halogenated alkanes) is 31. The van der Waals surface area contributed by atoms with Crippen LogP contribution in [0.5, 0.6) is 0 Å². The molecule has 0 aliphatic rings. The number of hydrogen-bond donors (Lipinski definition) is 3. The summed E-state index contributed by atoms with van der Waals surface area (Å²) in [6, 6.07) is -0.636. The predicted octanol–water partition coefficient (Wildman–Crippen LogP) is 14.9. The van der Waals surface area contributed by atoms with Crippen molar-refractivity contribution in [2.24, 2.45) is 0 Å². The minimum absolute atomic E-state index is 0.0147. The molecule has 0 aromatic heterocycles. The molecule has 2 atom stereocenters. The minimum Gasteiger partial charge on any atom is -0.466 e. The Morgan fingerprint density at radius 1 is 0.466 bits per heavy atom. The Hall–Kier alpha value is -1.92. The molecule has 0 heterocycles. The van der Waals surface area contributed by atoms with Crippen LogP contribution < -0.4 is 5.32 Å². The SMILES string of the molecule is CCCC/C=C\CCCCCCCC(=O)OCCCCCCCC/C=C\CCCCCCCCCC(=O)NC(CO)C(O)/C=C/CCCCCCCCCCCCC. The van der Waals surface area contributed by atoms with Gasteiger partial charge in [0, 0.05) is 12.8 Å². The number of ether oxygens (including phenoxy) is 1. The first kappa shape index (κ1) is 56.1. The highest BCUT2D eigenvalue weighted by molar-refractivity contribution is 5.76. The van der Waals surface area contributed by atoms with Gasteiger partial charge in [-0.3, -0.25) is 9.59 Å². The number of rotatable bonds is 46. The average Bonchev–Trinajstić information content (AvgIpc) is 3.22. The van der Waals surface area contributed by atoms with Crippen molar-refractivity contribution in [3.05, 3.63) is 36.5 Å². The Kier molecular flexibility index (Phi) is 46.2. The third-order valence-corrected chi connectivity index (χ3v) is 11.4. The summed E-state index contributed by atoms with van der Waals surface area (Å²) in [5.41, 5.74) is 0. The fourth-order valence-corrected chi connectivity index (χ4v) is 7.43. The number of carbonyl (C=O) groups is 2. The second kappa shape index (κ2) is 47.8. The van der Waals surface area contributed by atoms with Gasteiger partial charge in [0.1, 0.15) is 0 Å². The third-order valence-electron chi connectivity index (χ3n) is 11.4. The van der Waals surface area contributed by atoms with Crippen molar-refractivity contribution in [2.75, 3.05) is 13.2 Å². The lowest BCUT2D eigenvalue weighted by atomic mass is 10.0. The summed E-state index contributed by atoms with van der Waals surface area (Å²) in [4.78, 5) is 24.4. The zero-order valence-electron chi connectivity index (χ0n) is 38.5. The summed E-state index contributed by atoms with van der Waals surface area (Å²) >= 11 is 0. The zero-order valence-corrected chi connectivity index (χ0v) is 38.5. The molecule has 0 saturated heterocycles. The van der Waals surface area contributed by atoms with Gasteiger partial charge in [0.15, 0.2) is 0 Å². The Labute approximate surface area is 360 Å². The summed E-state index contributed by atoms with van der Waals surface area (Å²) in [7, 11) is 0. The molecule has 0 aliphatic heterocycles. The Balaban J connectivity index is 3.51. The van der Waals surface area contributed by atoms with Gasteiger partial charge in [0.25, 0.3) is 0 Å². The number of esters is 1. The molecule has 0 fully saturated rings. The van der Waals surface area contributed by atoms with Gasteiger partial charge >= 0.3 is 5.97 Å². The highest BCUT2D eigenvalue weighted by Gasteiger charge is 2.18. The van der Waals surface area contributed by atoms with E-state index in [1.807, 2.05) is 6.08 Å². The van der Waals surface area contributed by atoms with E-state index in [1.54, 1.807) is 6.08 Å². The quantitative estimate of drug-likeness (QED) is 0.0323. The summed E-state index contributed by atoms with van der Waals surface area (Å²) in [5.74, 6) is -0.0962. The molecule has 0 rings (SSSR count). The van der Waals surface area contributed by atoms with Gasteiger partial charge in [0.05, 0.1) is 25.4 Å². The second-order valence-electron chi connectivity index (χ2n) is 17.1. The maximum Gasteiger partial charge on any atom is 0.305 e. The van der Waals surface area contributed by atoms with E-state index in [2.05, 4.69) is 43.5 Å². The normalized spacial score (nSPS) is 13.0.